The van der Waals surface area contributed by atoms with Gasteiger partial charge >= 0.3 is 0 Å². The fourth-order valence-corrected chi connectivity index (χ4v) is 1.61. The zero-order valence-corrected chi connectivity index (χ0v) is 10.5. The maximum atomic E-state index is 13.0. The average molecular weight is 238 g/mol. The molecule has 0 aliphatic carbocycles. The third kappa shape index (κ3) is 4.15. The molecule has 1 aromatic carbocycles. The summed E-state index contributed by atoms with van der Waals surface area (Å²) >= 11 is 0. The first-order valence-corrected chi connectivity index (χ1v) is 5.75. The molecule has 1 rings (SSSR count). The Balaban J connectivity index is 2.60. The fourth-order valence-electron chi connectivity index (χ4n) is 1.61. The van der Waals surface area contributed by atoms with E-state index in [1.54, 1.807) is 19.2 Å². The first-order valence-electron chi connectivity index (χ1n) is 5.75. The van der Waals surface area contributed by atoms with Crippen molar-refractivity contribution in [1.82, 2.24) is 10.6 Å². The Morgan fingerprint density at radius 1 is 1.41 bits per heavy atom. The van der Waals surface area contributed by atoms with Gasteiger partial charge in [0.2, 0.25) is 5.91 Å². The third-order valence-corrected chi connectivity index (χ3v) is 2.67. The van der Waals surface area contributed by atoms with Crippen LogP contribution in [0, 0.1) is 11.7 Å². The van der Waals surface area contributed by atoms with Crippen LogP contribution in [-0.4, -0.2) is 19.5 Å². The Kier molecular flexibility index (Phi) is 5.10. The predicted octanol–water partition coefficient (Wildman–Crippen LogP) is 1.86. The molecule has 4 heteroatoms. The van der Waals surface area contributed by atoms with Crippen molar-refractivity contribution in [2.24, 2.45) is 5.92 Å². The summed E-state index contributed by atoms with van der Waals surface area (Å²) < 4.78 is 13.0. The highest BCUT2D eigenvalue weighted by molar-refractivity contribution is 5.78. The number of nitrogens with one attached hydrogen (secondary N) is 2. The van der Waals surface area contributed by atoms with E-state index in [0.717, 1.165) is 5.56 Å². The van der Waals surface area contributed by atoms with Gasteiger partial charge < -0.3 is 10.6 Å². The van der Waals surface area contributed by atoms with Crippen LogP contribution in [-0.2, 0) is 4.79 Å². The van der Waals surface area contributed by atoms with Crippen LogP contribution in [0.1, 0.15) is 25.5 Å². The fraction of sp³-hybridized carbons (Fsp3) is 0.462. The molecule has 1 amide bonds. The van der Waals surface area contributed by atoms with Gasteiger partial charge in [0.15, 0.2) is 0 Å². The molecule has 0 aromatic heterocycles. The van der Waals surface area contributed by atoms with Crippen molar-refractivity contribution in [2.75, 3.05) is 13.6 Å². The molecule has 0 spiro atoms. The molecule has 3 nitrogen and oxygen atoms in total. The zero-order chi connectivity index (χ0) is 12.8. The van der Waals surface area contributed by atoms with Gasteiger partial charge in [0.1, 0.15) is 5.82 Å². The van der Waals surface area contributed by atoms with Crippen LogP contribution in [0.3, 0.4) is 0 Å². The smallest absolute Gasteiger partial charge is 0.224 e. The Hall–Kier alpha value is -1.42. The minimum Gasteiger partial charge on any atom is -0.349 e. The molecule has 0 aliphatic rings. The lowest BCUT2D eigenvalue weighted by Crippen LogP contribution is -2.35. The summed E-state index contributed by atoms with van der Waals surface area (Å²) in [5.41, 5.74) is 0.773. The van der Waals surface area contributed by atoms with E-state index in [0.29, 0.717) is 6.54 Å². The number of benzene rings is 1. The Bertz CT molecular complexity index is 381. The van der Waals surface area contributed by atoms with Crippen LogP contribution >= 0.6 is 0 Å². The normalized spacial score (nSPS) is 14.1. The highest BCUT2D eigenvalue weighted by Crippen LogP contribution is 2.13. The van der Waals surface area contributed by atoms with Gasteiger partial charge in [-0.2, -0.15) is 0 Å². The van der Waals surface area contributed by atoms with E-state index in [1.165, 1.54) is 12.1 Å². The number of rotatable bonds is 5. The Labute approximate surface area is 101 Å². The topological polar surface area (TPSA) is 41.1 Å². The second-order valence-electron chi connectivity index (χ2n) is 4.24. The molecule has 2 atom stereocenters. The summed E-state index contributed by atoms with van der Waals surface area (Å²) in [4.78, 5) is 11.8. The highest BCUT2D eigenvalue weighted by Gasteiger charge is 2.15. The molecule has 0 saturated heterocycles. The quantitative estimate of drug-likeness (QED) is 0.822. The SMILES string of the molecule is CNCC(C)C(=O)N[C@@H](C)c1cccc(F)c1. The molecule has 0 bridgehead atoms. The van der Waals surface area contributed by atoms with Gasteiger partial charge in [-0.15, -0.1) is 0 Å². The number of carbonyl (C=O) groups excluding carboxylic acids is 1. The van der Waals surface area contributed by atoms with E-state index >= 15 is 0 Å². The molecule has 94 valence electrons. The summed E-state index contributed by atoms with van der Waals surface area (Å²) in [6.45, 7) is 4.32. The monoisotopic (exact) mass is 238 g/mol. The molecule has 1 aromatic rings. The summed E-state index contributed by atoms with van der Waals surface area (Å²) in [6, 6.07) is 6.09. The van der Waals surface area contributed by atoms with Crippen molar-refractivity contribution in [3.8, 4) is 0 Å². The highest BCUT2D eigenvalue weighted by atomic mass is 19.1. The van der Waals surface area contributed by atoms with Crippen LogP contribution in [0.4, 0.5) is 4.39 Å². The second kappa shape index (κ2) is 6.35. The summed E-state index contributed by atoms with van der Waals surface area (Å²) in [5, 5.41) is 5.81. The van der Waals surface area contributed by atoms with E-state index in [9.17, 15) is 9.18 Å². The molecule has 0 radical (unpaired) electrons. The second-order valence-corrected chi connectivity index (χ2v) is 4.24. The Morgan fingerprint density at radius 2 is 2.12 bits per heavy atom. The van der Waals surface area contributed by atoms with E-state index in [2.05, 4.69) is 10.6 Å². The molecule has 0 aliphatic heterocycles. The van der Waals surface area contributed by atoms with Gasteiger partial charge in [-0.25, -0.2) is 4.39 Å². The van der Waals surface area contributed by atoms with Crippen LogP contribution in [0.15, 0.2) is 24.3 Å². The van der Waals surface area contributed by atoms with E-state index in [1.807, 2.05) is 13.8 Å². The summed E-state index contributed by atoms with van der Waals surface area (Å²) in [6.07, 6.45) is 0. The van der Waals surface area contributed by atoms with Crippen molar-refractivity contribution < 1.29 is 9.18 Å². The lowest BCUT2D eigenvalue weighted by molar-refractivity contribution is -0.125. The average Bonchev–Trinajstić information content (AvgIpc) is 2.29. The minimum atomic E-state index is -0.285. The number of hydrogen-bond acceptors (Lipinski definition) is 2. The Morgan fingerprint density at radius 3 is 2.71 bits per heavy atom. The van der Waals surface area contributed by atoms with Crippen molar-refractivity contribution >= 4 is 5.91 Å². The van der Waals surface area contributed by atoms with Gasteiger partial charge in [-0.1, -0.05) is 19.1 Å². The van der Waals surface area contributed by atoms with Crippen molar-refractivity contribution in [3.05, 3.63) is 35.6 Å². The van der Waals surface area contributed by atoms with Crippen molar-refractivity contribution in [3.63, 3.8) is 0 Å². The van der Waals surface area contributed by atoms with E-state index < -0.39 is 0 Å². The van der Waals surface area contributed by atoms with Crippen LogP contribution in [0.25, 0.3) is 0 Å². The lowest BCUT2D eigenvalue weighted by Gasteiger charge is -2.17. The number of amides is 1. The molecule has 17 heavy (non-hydrogen) atoms. The van der Waals surface area contributed by atoms with E-state index in [-0.39, 0.29) is 23.7 Å². The molecule has 0 heterocycles. The van der Waals surface area contributed by atoms with Crippen LogP contribution in [0.5, 0.6) is 0 Å². The van der Waals surface area contributed by atoms with Gasteiger partial charge in [-0.05, 0) is 31.7 Å². The van der Waals surface area contributed by atoms with Gasteiger partial charge in [0.25, 0.3) is 0 Å². The number of carbonyl (C=O) groups is 1. The molecular weight excluding hydrogens is 219 g/mol. The third-order valence-electron chi connectivity index (χ3n) is 2.67. The van der Waals surface area contributed by atoms with Gasteiger partial charge in [0, 0.05) is 12.5 Å². The predicted molar refractivity (Wildman–Crippen MR) is 66.0 cm³/mol. The molecule has 0 fully saturated rings. The largest absolute Gasteiger partial charge is 0.349 e. The first kappa shape index (κ1) is 13.6. The minimum absolute atomic E-state index is 0.0314. The van der Waals surface area contributed by atoms with Crippen molar-refractivity contribution in [2.45, 2.75) is 19.9 Å². The zero-order valence-electron chi connectivity index (χ0n) is 10.5. The summed E-state index contributed by atoms with van der Waals surface area (Å²) in [5.74, 6) is -0.418. The standard InChI is InChI=1S/C13H19FN2O/c1-9(8-15-3)13(17)16-10(2)11-5-4-6-12(14)7-11/h4-7,9-10,15H,8H2,1-3H3,(H,16,17)/t9?,10-/m0/s1. The van der Waals surface area contributed by atoms with E-state index in [4.69, 9.17) is 0 Å². The van der Waals surface area contributed by atoms with Crippen LogP contribution < -0.4 is 10.6 Å². The van der Waals surface area contributed by atoms with Crippen LogP contribution in [0.2, 0.25) is 0 Å². The van der Waals surface area contributed by atoms with Gasteiger partial charge in [-0.3, -0.25) is 4.79 Å². The number of hydrogen-bond donors (Lipinski definition) is 2. The first-order chi connectivity index (χ1) is 8.04. The molecular formula is C13H19FN2O. The maximum absolute atomic E-state index is 13.0. The molecule has 2 N–H and O–H groups in total. The molecule has 0 saturated carbocycles. The van der Waals surface area contributed by atoms with Gasteiger partial charge in [0.05, 0.1) is 6.04 Å². The maximum Gasteiger partial charge on any atom is 0.224 e. The summed E-state index contributed by atoms with van der Waals surface area (Å²) in [7, 11) is 1.81. The number of halogens is 1. The lowest BCUT2D eigenvalue weighted by atomic mass is 10.1. The van der Waals surface area contributed by atoms with Crippen molar-refractivity contribution in [1.29, 1.82) is 0 Å². The molecule has 1 unspecified atom stereocenters.